The number of aliphatic imine (C=N–C) groups is 1. The first-order valence-corrected chi connectivity index (χ1v) is 10.9. The summed E-state index contributed by atoms with van der Waals surface area (Å²) in [4.78, 5) is 9.72. The van der Waals surface area contributed by atoms with Crippen LogP contribution >= 0.6 is 0 Å². The van der Waals surface area contributed by atoms with Crippen LogP contribution in [0.25, 0.3) is 0 Å². The summed E-state index contributed by atoms with van der Waals surface area (Å²) < 4.78 is 11.2. The molecule has 0 bridgehead atoms. The maximum absolute atomic E-state index is 5.82. The predicted molar refractivity (Wildman–Crippen MR) is 112 cm³/mol. The van der Waals surface area contributed by atoms with Crippen molar-refractivity contribution in [1.29, 1.82) is 0 Å². The van der Waals surface area contributed by atoms with Crippen molar-refractivity contribution in [3.63, 3.8) is 0 Å². The van der Waals surface area contributed by atoms with Crippen molar-refractivity contribution >= 4 is 5.96 Å². The molecular formula is C20H41N5O2. The lowest BCUT2D eigenvalue weighted by atomic mass is 10.0. The van der Waals surface area contributed by atoms with Gasteiger partial charge in [0.15, 0.2) is 5.96 Å². The third-order valence-corrected chi connectivity index (χ3v) is 5.39. The monoisotopic (exact) mass is 383 g/mol. The minimum absolute atomic E-state index is 0.681. The molecule has 0 aromatic heterocycles. The fraction of sp³-hybridized carbons (Fsp3) is 0.950. The van der Waals surface area contributed by atoms with E-state index < -0.39 is 0 Å². The lowest BCUT2D eigenvalue weighted by Crippen LogP contribution is -2.49. The Morgan fingerprint density at radius 2 is 1.81 bits per heavy atom. The number of hydrogen-bond donors (Lipinski definition) is 2. The quantitative estimate of drug-likeness (QED) is 0.315. The molecule has 0 saturated carbocycles. The summed E-state index contributed by atoms with van der Waals surface area (Å²) in [6, 6.07) is 0. The lowest BCUT2D eigenvalue weighted by Gasteiger charge is -2.34. The number of likely N-dealkylation sites (N-methyl/N-ethyl adjacent to an activating group) is 1. The molecule has 2 N–H and O–H groups in total. The molecule has 2 rings (SSSR count). The van der Waals surface area contributed by atoms with Crippen LogP contribution in [0.4, 0.5) is 0 Å². The first-order valence-electron chi connectivity index (χ1n) is 10.9. The maximum Gasteiger partial charge on any atom is 0.191 e. The van der Waals surface area contributed by atoms with Gasteiger partial charge in [-0.25, -0.2) is 0 Å². The predicted octanol–water partition coefficient (Wildman–Crippen LogP) is 1.01. The van der Waals surface area contributed by atoms with Crippen LogP contribution in [0.3, 0.4) is 0 Å². The zero-order valence-electron chi connectivity index (χ0n) is 17.5. The third kappa shape index (κ3) is 9.74. The SMILES string of the molecule is CCNC(=NCCCOCC1CCOCC1)NCCN1CCN(CC)CC1. The van der Waals surface area contributed by atoms with Gasteiger partial charge >= 0.3 is 0 Å². The molecule has 2 heterocycles. The second-order valence-electron chi connectivity index (χ2n) is 7.45. The Morgan fingerprint density at radius 3 is 2.52 bits per heavy atom. The van der Waals surface area contributed by atoms with Gasteiger partial charge in [0.1, 0.15) is 0 Å². The van der Waals surface area contributed by atoms with Crippen LogP contribution in [0.15, 0.2) is 4.99 Å². The van der Waals surface area contributed by atoms with Crippen LogP contribution in [-0.2, 0) is 9.47 Å². The first-order chi connectivity index (χ1) is 13.3. The van der Waals surface area contributed by atoms with Crippen molar-refractivity contribution < 1.29 is 9.47 Å². The molecular weight excluding hydrogens is 342 g/mol. The van der Waals surface area contributed by atoms with Gasteiger partial charge in [0.2, 0.25) is 0 Å². The van der Waals surface area contributed by atoms with Crippen molar-refractivity contribution in [2.24, 2.45) is 10.9 Å². The second-order valence-corrected chi connectivity index (χ2v) is 7.45. The van der Waals surface area contributed by atoms with E-state index in [2.05, 4.69) is 39.3 Å². The number of nitrogens with one attached hydrogen (secondary N) is 2. The number of nitrogens with zero attached hydrogens (tertiary/aromatic N) is 3. The number of hydrogen-bond acceptors (Lipinski definition) is 5. The highest BCUT2D eigenvalue weighted by Crippen LogP contribution is 2.14. The zero-order valence-corrected chi connectivity index (χ0v) is 17.5. The molecule has 7 heteroatoms. The van der Waals surface area contributed by atoms with Gasteiger partial charge in [-0.2, -0.15) is 0 Å². The minimum Gasteiger partial charge on any atom is -0.381 e. The van der Waals surface area contributed by atoms with Gasteiger partial charge in [-0.15, -0.1) is 0 Å². The summed E-state index contributed by atoms with van der Waals surface area (Å²) in [5, 5.41) is 6.80. The fourth-order valence-electron chi connectivity index (χ4n) is 3.52. The molecule has 0 aromatic rings. The van der Waals surface area contributed by atoms with E-state index >= 15 is 0 Å². The minimum atomic E-state index is 0.681. The maximum atomic E-state index is 5.82. The Balaban J connectivity index is 1.52. The fourth-order valence-corrected chi connectivity index (χ4v) is 3.52. The summed E-state index contributed by atoms with van der Waals surface area (Å²) in [6.45, 7) is 17.4. The first kappa shape index (κ1) is 22.4. The van der Waals surface area contributed by atoms with Crippen molar-refractivity contribution in [2.45, 2.75) is 33.1 Å². The van der Waals surface area contributed by atoms with Gasteiger partial charge < -0.3 is 25.0 Å². The zero-order chi connectivity index (χ0) is 19.2. The average molecular weight is 384 g/mol. The largest absolute Gasteiger partial charge is 0.381 e. The van der Waals surface area contributed by atoms with Crippen LogP contribution in [0, 0.1) is 5.92 Å². The molecule has 2 aliphatic rings. The van der Waals surface area contributed by atoms with Crippen LogP contribution in [0.5, 0.6) is 0 Å². The highest BCUT2D eigenvalue weighted by Gasteiger charge is 2.15. The molecule has 0 atom stereocenters. The van der Waals surface area contributed by atoms with Crippen molar-refractivity contribution in [2.75, 3.05) is 85.3 Å². The van der Waals surface area contributed by atoms with Crippen LogP contribution < -0.4 is 10.6 Å². The molecule has 0 amide bonds. The van der Waals surface area contributed by atoms with E-state index in [1.165, 1.54) is 32.7 Å². The number of rotatable bonds is 11. The van der Waals surface area contributed by atoms with E-state index in [1.807, 2.05) is 0 Å². The Bertz CT molecular complexity index is 394. The van der Waals surface area contributed by atoms with Gasteiger partial charge in [0.25, 0.3) is 0 Å². The Kier molecular flexibility index (Phi) is 11.7. The van der Waals surface area contributed by atoms with E-state index in [9.17, 15) is 0 Å². The van der Waals surface area contributed by atoms with Crippen molar-refractivity contribution in [3.05, 3.63) is 0 Å². The molecule has 0 radical (unpaired) electrons. The number of guanidine groups is 1. The van der Waals surface area contributed by atoms with Crippen molar-refractivity contribution in [1.82, 2.24) is 20.4 Å². The molecule has 0 unspecified atom stereocenters. The van der Waals surface area contributed by atoms with Gasteiger partial charge in [-0.1, -0.05) is 6.92 Å². The highest BCUT2D eigenvalue weighted by atomic mass is 16.5. The van der Waals surface area contributed by atoms with E-state index in [-0.39, 0.29) is 0 Å². The molecule has 158 valence electrons. The van der Waals surface area contributed by atoms with Crippen LogP contribution in [0.2, 0.25) is 0 Å². The van der Waals surface area contributed by atoms with Crippen LogP contribution in [0.1, 0.15) is 33.1 Å². The molecule has 7 nitrogen and oxygen atoms in total. The topological polar surface area (TPSA) is 61.4 Å². The Morgan fingerprint density at radius 1 is 1.07 bits per heavy atom. The number of piperazine rings is 1. The summed E-state index contributed by atoms with van der Waals surface area (Å²) in [6.07, 6.45) is 3.25. The van der Waals surface area contributed by atoms with Gasteiger partial charge in [0, 0.05) is 78.8 Å². The average Bonchev–Trinajstić information content (AvgIpc) is 2.71. The summed E-state index contributed by atoms with van der Waals surface area (Å²) in [5.41, 5.74) is 0. The molecule has 27 heavy (non-hydrogen) atoms. The van der Waals surface area contributed by atoms with Crippen LogP contribution in [-0.4, -0.2) is 101 Å². The van der Waals surface area contributed by atoms with E-state index in [4.69, 9.17) is 9.47 Å². The normalized spacial score (nSPS) is 20.7. The molecule has 2 fully saturated rings. The van der Waals surface area contributed by atoms with Gasteiger partial charge in [-0.3, -0.25) is 9.89 Å². The van der Waals surface area contributed by atoms with Crippen molar-refractivity contribution in [3.8, 4) is 0 Å². The van der Waals surface area contributed by atoms with Gasteiger partial charge in [0.05, 0.1) is 0 Å². The number of ether oxygens (including phenoxy) is 2. The summed E-state index contributed by atoms with van der Waals surface area (Å²) in [5.74, 6) is 1.61. The third-order valence-electron chi connectivity index (χ3n) is 5.39. The molecule has 0 aromatic carbocycles. The van der Waals surface area contributed by atoms with E-state index in [0.717, 1.165) is 77.8 Å². The second kappa shape index (κ2) is 14.2. The lowest BCUT2D eigenvalue weighted by molar-refractivity contribution is 0.0205. The smallest absolute Gasteiger partial charge is 0.191 e. The molecule has 2 saturated heterocycles. The molecule has 2 aliphatic heterocycles. The van der Waals surface area contributed by atoms with E-state index in [1.54, 1.807) is 0 Å². The molecule has 0 spiro atoms. The Hall–Kier alpha value is -0.890. The standard InChI is InChI=1S/C20H41N5O2/c1-3-21-20(23-9-10-25-13-11-24(4-2)12-14-25)22-8-5-15-27-18-19-6-16-26-17-7-19/h19H,3-18H2,1-2H3,(H2,21,22,23). The van der Waals surface area contributed by atoms with E-state index in [0.29, 0.717) is 5.92 Å². The Labute approximate surface area is 165 Å². The highest BCUT2D eigenvalue weighted by molar-refractivity contribution is 5.79. The summed E-state index contributed by atoms with van der Waals surface area (Å²) >= 11 is 0. The summed E-state index contributed by atoms with van der Waals surface area (Å²) in [7, 11) is 0. The van der Waals surface area contributed by atoms with Gasteiger partial charge in [-0.05, 0) is 38.6 Å². The molecule has 0 aliphatic carbocycles.